The van der Waals surface area contributed by atoms with Crippen molar-refractivity contribution in [2.75, 3.05) is 6.16 Å². The Hall–Kier alpha value is 0.870. The minimum absolute atomic E-state index is 0.149. The van der Waals surface area contributed by atoms with Gasteiger partial charge in [0.05, 0.1) is 6.10 Å². The molecule has 0 rings (SSSR count). The molecule has 62 valence electrons. The lowest BCUT2D eigenvalue weighted by molar-refractivity contribution is 0.181. The van der Waals surface area contributed by atoms with Gasteiger partial charge >= 0.3 is 0 Å². The number of halogens is 1. The van der Waals surface area contributed by atoms with Crippen LogP contribution in [0.5, 0.6) is 0 Å². The first-order valence-corrected chi connectivity index (χ1v) is 5.42. The molecule has 1 nitrogen and oxygen atoms in total. The topological polar surface area (TPSA) is 20.2 Å². The molecule has 0 radical (unpaired) electrons. The van der Waals surface area contributed by atoms with E-state index in [9.17, 15) is 0 Å². The Kier molecular flexibility index (Phi) is 7.14. The number of aliphatic hydroxyl groups excluding tert-OH is 1. The Morgan fingerprint density at radius 3 is 2.40 bits per heavy atom. The molecule has 3 atom stereocenters. The summed E-state index contributed by atoms with van der Waals surface area (Å²) in [4.78, 5) is 0.583. The van der Waals surface area contributed by atoms with Crippen molar-refractivity contribution in [3.63, 3.8) is 0 Å². The summed E-state index contributed by atoms with van der Waals surface area (Å²) < 4.78 is 0. The minimum atomic E-state index is -0.149. The van der Waals surface area contributed by atoms with Gasteiger partial charge in [-0.2, -0.15) is 0 Å². The van der Waals surface area contributed by atoms with E-state index < -0.39 is 0 Å². The van der Waals surface area contributed by atoms with Gasteiger partial charge in [0.25, 0.3) is 0 Å². The predicted molar refractivity (Wildman–Crippen MR) is 52.8 cm³/mol. The molecule has 0 spiro atoms. The number of rotatable bonds is 5. The highest BCUT2D eigenvalue weighted by molar-refractivity contribution is 9.09. The second-order valence-electron chi connectivity index (χ2n) is 2.60. The number of aliphatic hydroxyl groups is 1. The molecule has 0 aliphatic rings. The highest BCUT2D eigenvalue weighted by Gasteiger charge is 2.03. The van der Waals surface area contributed by atoms with Crippen molar-refractivity contribution >= 4 is 25.2 Å². The fourth-order valence-electron chi connectivity index (χ4n) is 0.747. The molecule has 0 aromatic heterocycles. The average Bonchev–Trinajstić information content (AvgIpc) is 1.85. The van der Waals surface area contributed by atoms with E-state index in [-0.39, 0.29) is 6.10 Å². The largest absolute Gasteiger partial charge is 0.393 e. The fourth-order valence-corrected chi connectivity index (χ4v) is 2.17. The molecule has 0 aliphatic heterocycles. The highest BCUT2D eigenvalue weighted by Crippen LogP contribution is 2.14. The van der Waals surface area contributed by atoms with E-state index in [4.69, 9.17) is 5.11 Å². The SMILES string of the molecule is CC(O)CCC(Br)CCP. The van der Waals surface area contributed by atoms with Gasteiger partial charge in [0.15, 0.2) is 0 Å². The van der Waals surface area contributed by atoms with E-state index in [0.29, 0.717) is 4.83 Å². The van der Waals surface area contributed by atoms with Crippen molar-refractivity contribution < 1.29 is 5.11 Å². The lowest BCUT2D eigenvalue weighted by Crippen LogP contribution is -2.05. The molecule has 0 saturated carbocycles. The summed E-state index contributed by atoms with van der Waals surface area (Å²) in [5.41, 5.74) is 0. The highest BCUT2D eigenvalue weighted by atomic mass is 79.9. The standard InChI is InChI=1S/C7H16BrOP/c1-6(9)2-3-7(8)4-5-10/h6-7,9H,2-5,10H2,1H3. The van der Waals surface area contributed by atoms with Crippen LogP contribution in [-0.2, 0) is 0 Å². The molecule has 1 N–H and O–H groups in total. The third kappa shape index (κ3) is 6.98. The van der Waals surface area contributed by atoms with Gasteiger partial charge < -0.3 is 5.11 Å². The van der Waals surface area contributed by atoms with Crippen LogP contribution in [0.25, 0.3) is 0 Å². The third-order valence-electron chi connectivity index (χ3n) is 1.38. The van der Waals surface area contributed by atoms with E-state index >= 15 is 0 Å². The Balaban J connectivity index is 3.12. The van der Waals surface area contributed by atoms with Crippen LogP contribution in [-0.4, -0.2) is 22.2 Å². The molecule has 10 heavy (non-hydrogen) atoms. The summed E-state index contributed by atoms with van der Waals surface area (Å²) >= 11 is 3.54. The first kappa shape index (κ1) is 10.9. The van der Waals surface area contributed by atoms with Gasteiger partial charge in [-0.05, 0) is 32.3 Å². The van der Waals surface area contributed by atoms with E-state index in [2.05, 4.69) is 25.2 Å². The van der Waals surface area contributed by atoms with Gasteiger partial charge in [-0.1, -0.05) is 15.9 Å². The number of alkyl halides is 1. The van der Waals surface area contributed by atoms with Gasteiger partial charge in [0, 0.05) is 4.83 Å². The van der Waals surface area contributed by atoms with Crippen molar-refractivity contribution in [3.8, 4) is 0 Å². The summed E-state index contributed by atoms with van der Waals surface area (Å²) in [6.45, 7) is 1.83. The Morgan fingerprint density at radius 2 is 2.00 bits per heavy atom. The van der Waals surface area contributed by atoms with Gasteiger partial charge in [-0.25, -0.2) is 0 Å². The number of hydrogen-bond acceptors (Lipinski definition) is 1. The summed E-state index contributed by atoms with van der Waals surface area (Å²) in [6, 6.07) is 0. The summed E-state index contributed by atoms with van der Waals surface area (Å²) in [6.07, 6.45) is 4.14. The van der Waals surface area contributed by atoms with Gasteiger partial charge in [-0.15, -0.1) is 9.24 Å². The molecule has 0 fully saturated rings. The van der Waals surface area contributed by atoms with Crippen LogP contribution in [0.3, 0.4) is 0 Å². The predicted octanol–water partition coefficient (Wildman–Crippen LogP) is 2.18. The van der Waals surface area contributed by atoms with Crippen LogP contribution >= 0.6 is 25.2 Å². The Morgan fingerprint density at radius 1 is 1.40 bits per heavy atom. The van der Waals surface area contributed by atoms with Crippen LogP contribution in [0.1, 0.15) is 26.2 Å². The molecule has 3 unspecified atom stereocenters. The monoisotopic (exact) mass is 226 g/mol. The van der Waals surface area contributed by atoms with Crippen molar-refractivity contribution in [2.45, 2.75) is 37.1 Å². The second kappa shape index (κ2) is 6.57. The van der Waals surface area contributed by atoms with Crippen LogP contribution in [0.2, 0.25) is 0 Å². The zero-order chi connectivity index (χ0) is 7.98. The van der Waals surface area contributed by atoms with Gasteiger partial charge in [-0.3, -0.25) is 0 Å². The summed E-state index contributed by atoms with van der Waals surface area (Å²) in [7, 11) is 2.70. The van der Waals surface area contributed by atoms with Crippen molar-refractivity contribution in [2.24, 2.45) is 0 Å². The zero-order valence-corrected chi connectivity index (χ0v) is 9.13. The van der Waals surface area contributed by atoms with Crippen LogP contribution in [0.15, 0.2) is 0 Å². The maximum atomic E-state index is 8.94. The second-order valence-corrected chi connectivity index (χ2v) is 4.47. The Bertz CT molecular complexity index is 78.0. The Labute approximate surface area is 73.9 Å². The third-order valence-corrected chi connectivity index (χ3v) is 2.63. The minimum Gasteiger partial charge on any atom is -0.393 e. The van der Waals surface area contributed by atoms with Crippen molar-refractivity contribution in [1.82, 2.24) is 0 Å². The molecule has 0 saturated heterocycles. The average molecular weight is 227 g/mol. The lowest BCUT2D eigenvalue weighted by atomic mass is 10.1. The van der Waals surface area contributed by atoms with Crippen LogP contribution < -0.4 is 0 Å². The molecule has 0 amide bonds. The van der Waals surface area contributed by atoms with E-state index in [1.54, 1.807) is 0 Å². The van der Waals surface area contributed by atoms with E-state index in [0.717, 1.165) is 19.0 Å². The quantitative estimate of drug-likeness (QED) is 0.563. The van der Waals surface area contributed by atoms with Crippen LogP contribution in [0, 0.1) is 0 Å². The molecule has 0 aromatic carbocycles. The zero-order valence-electron chi connectivity index (χ0n) is 6.39. The molecule has 3 heteroatoms. The molecule has 0 aliphatic carbocycles. The fraction of sp³-hybridized carbons (Fsp3) is 1.00. The molecule has 0 aromatic rings. The maximum absolute atomic E-state index is 8.94. The van der Waals surface area contributed by atoms with Crippen molar-refractivity contribution in [1.29, 1.82) is 0 Å². The van der Waals surface area contributed by atoms with E-state index in [1.165, 1.54) is 6.42 Å². The number of hydrogen-bond donors (Lipinski definition) is 1. The van der Waals surface area contributed by atoms with Crippen molar-refractivity contribution in [3.05, 3.63) is 0 Å². The first-order valence-electron chi connectivity index (χ1n) is 3.69. The summed E-state index contributed by atoms with van der Waals surface area (Å²) in [5, 5.41) is 8.94. The summed E-state index contributed by atoms with van der Waals surface area (Å²) in [5.74, 6) is 0. The smallest absolute Gasteiger partial charge is 0.0512 e. The lowest BCUT2D eigenvalue weighted by Gasteiger charge is -2.08. The molecular formula is C7H16BrOP. The van der Waals surface area contributed by atoms with Crippen LogP contribution in [0.4, 0.5) is 0 Å². The maximum Gasteiger partial charge on any atom is 0.0512 e. The molecule has 0 bridgehead atoms. The van der Waals surface area contributed by atoms with Gasteiger partial charge in [0.1, 0.15) is 0 Å². The normalized spacial score (nSPS) is 16.8. The van der Waals surface area contributed by atoms with Gasteiger partial charge in [0.2, 0.25) is 0 Å². The van der Waals surface area contributed by atoms with E-state index in [1.807, 2.05) is 6.92 Å². The molecular weight excluding hydrogens is 211 g/mol. The molecule has 0 heterocycles. The first-order chi connectivity index (χ1) is 4.66.